The number of morpholine rings is 1. The van der Waals surface area contributed by atoms with Gasteiger partial charge in [-0.2, -0.15) is 0 Å². The van der Waals surface area contributed by atoms with E-state index in [1.807, 2.05) is 4.90 Å². The summed E-state index contributed by atoms with van der Waals surface area (Å²) >= 11 is 0. The highest BCUT2D eigenvalue weighted by atomic mass is 16.5. The van der Waals surface area contributed by atoms with Crippen molar-refractivity contribution in [3.63, 3.8) is 0 Å². The molecule has 0 atom stereocenters. The molecule has 0 bridgehead atoms. The van der Waals surface area contributed by atoms with Crippen LogP contribution in [0, 0.1) is 0 Å². The molecular weight excluding hydrogens is 282 g/mol. The third kappa shape index (κ3) is 6.75. The molecule has 0 aliphatic carbocycles. The van der Waals surface area contributed by atoms with Gasteiger partial charge in [0, 0.05) is 46.2 Å². The number of carbonyl (C=O) groups is 2. The number of amides is 2. The molecule has 1 heterocycles. The Labute approximate surface area is 134 Å². The molecule has 1 rings (SSSR count). The van der Waals surface area contributed by atoms with Gasteiger partial charge in [0.25, 0.3) is 0 Å². The second-order valence-corrected chi connectivity index (χ2v) is 5.78. The Morgan fingerprint density at radius 1 is 1.00 bits per heavy atom. The van der Waals surface area contributed by atoms with E-state index in [0.29, 0.717) is 6.54 Å². The second-order valence-electron chi connectivity index (χ2n) is 5.78. The molecule has 1 aliphatic rings. The molecule has 0 unspecified atom stereocenters. The van der Waals surface area contributed by atoms with Crippen LogP contribution in [0.25, 0.3) is 0 Å². The van der Waals surface area contributed by atoms with E-state index in [1.165, 1.54) is 6.92 Å². The Hall–Kier alpha value is -1.14. The average molecular weight is 313 g/mol. The lowest BCUT2D eigenvalue weighted by Crippen LogP contribution is -2.46. The highest BCUT2D eigenvalue weighted by Crippen LogP contribution is 2.01. The van der Waals surface area contributed by atoms with Crippen LogP contribution in [0.2, 0.25) is 0 Å². The van der Waals surface area contributed by atoms with Gasteiger partial charge in [0.05, 0.1) is 19.8 Å². The molecule has 1 aliphatic heterocycles. The summed E-state index contributed by atoms with van der Waals surface area (Å²) in [6.45, 7) is 12.1. The monoisotopic (exact) mass is 313 g/mol. The SMILES string of the molecule is CCCN(CCC)C(=O)CN(CCN1CCOCC1)C(C)=O. The Bertz CT molecular complexity index is 338. The van der Waals surface area contributed by atoms with Crippen LogP contribution in [-0.4, -0.2) is 85.5 Å². The Morgan fingerprint density at radius 3 is 2.09 bits per heavy atom. The molecule has 128 valence electrons. The summed E-state index contributed by atoms with van der Waals surface area (Å²) in [4.78, 5) is 30.0. The number of ether oxygens (including phenoxy) is 1. The lowest BCUT2D eigenvalue weighted by molar-refractivity contribution is -0.139. The minimum atomic E-state index is -0.0328. The van der Waals surface area contributed by atoms with Crippen LogP contribution < -0.4 is 0 Å². The van der Waals surface area contributed by atoms with Crippen molar-refractivity contribution in [2.75, 3.05) is 59.0 Å². The maximum Gasteiger partial charge on any atom is 0.242 e. The molecule has 0 aromatic rings. The van der Waals surface area contributed by atoms with Crippen molar-refractivity contribution in [3.8, 4) is 0 Å². The molecule has 0 spiro atoms. The lowest BCUT2D eigenvalue weighted by Gasteiger charge is -2.30. The fraction of sp³-hybridized carbons (Fsp3) is 0.875. The number of hydrogen-bond acceptors (Lipinski definition) is 4. The van der Waals surface area contributed by atoms with Crippen LogP contribution in [0.5, 0.6) is 0 Å². The van der Waals surface area contributed by atoms with E-state index >= 15 is 0 Å². The zero-order chi connectivity index (χ0) is 16.4. The first kappa shape index (κ1) is 18.9. The van der Waals surface area contributed by atoms with Crippen LogP contribution in [0.3, 0.4) is 0 Å². The van der Waals surface area contributed by atoms with E-state index < -0.39 is 0 Å². The molecule has 0 aromatic heterocycles. The van der Waals surface area contributed by atoms with Gasteiger partial charge in [0.2, 0.25) is 11.8 Å². The van der Waals surface area contributed by atoms with Gasteiger partial charge < -0.3 is 14.5 Å². The summed E-state index contributed by atoms with van der Waals surface area (Å²) < 4.78 is 5.32. The van der Waals surface area contributed by atoms with Crippen LogP contribution in [0.15, 0.2) is 0 Å². The van der Waals surface area contributed by atoms with Gasteiger partial charge in [-0.05, 0) is 12.8 Å². The highest BCUT2D eigenvalue weighted by Gasteiger charge is 2.19. The summed E-state index contributed by atoms with van der Waals surface area (Å²) in [5, 5.41) is 0. The zero-order valence-electron chi connectivity index (χ0n) is 14.3. The van der Waals surface area contributed by atoms with Crippen LogP contribution in [0.4, 0.5) is 0 Å². The Morgan fingerprint density at radius 2 is 1.59 bits per heavy atom. The third-order valence-electron chi connectivity index (χ3n) is 3.90. The van der Waals surface area contributed by atoms with E-state index in [-0.39, 0.29) is 18.4 Å². The summed E-state index contributed by atoms with van der Waals surface area (Å²) in [6, 6.07) is 0. The van der Waals surface area contributed by atoms with Gasteiger partial charge in [-0.1, -0.05) is 13.8 Å². The average Bonchev–Trinajstić information content (AvgIpc) is 2.51. The van der Waals surface area contributed by atoms with E-state index in [4.69, 9.17) is 4.74 Å². The van der Waals surface area contributed by atoms with Crippen LogP contribution in [-0.2, 0) is 14.3 Å². The van der Waals surface area contributed by atoms with Gasteiger partial charge in [-0.3, -0.25) is 14.5 Å². The molecule has 0 aromatic carbocycles. The van der Waals surface area contributed by atoms with E-state index in [9.17, 15) is 9.59 Å². The van der Waals surface area contributed by atoms with Gasteiger partial charge >= 0.3 is 0 Å². The maximum absolute atomic E-state index is 12.4. The number of rotatable bonds is 9. The fourth-order valence-electron chi connectivity index (χ4n) is 2.60. The van der Waals surface area contributed by atoms with Crippen molar-refractivity contribution in [3.05, 3.63) is 0 Å². The molecule has 22 heavy (non-hydrogen) atoms. The molecule has 1 saturated heterocycles. The minimum Gasteiger partial charge on any atom is -0.379 e. The molecule has 0 saturated carbocycles. The molecular formula is C16H31N3O3. The summed E-state index contributed by atoms with van der Waals surface area (Å²) in [6.07, 6.45) is 1.89. The molecule has 6 nitrogen and oxygen atoms in total. The molecule has 2 amide bonds. The minimum absolute atomic E-state index is 0.0328. The predicted octanol–water partition coefficient (Wildman–Crippen LogP) is 0.816. The van der Waals surface area contributed by atoms with Crippen molar-refractivity contribution < 1.29 is 14.3 Å². The topological polar surface area (TPSA) is 53.1 Å². The summed E-state index contributed by atoms with van der Waals surface area (Å²) in [5.74, 6) is 0.0235. The molecule has 6 heteroatoms. The first-order valence-electron chi connectivity index (χ1n) is 8.41. The van der Waals surface area contributed by atoms with Gasteiger partial charge in [-0.15, -0.1) is 0 Å². The molecule has 1 fully saturated rings. The Balaban J connectivity index is 2.47. The van der Waals surface area contributed by atoms with Gasteiger partial charge in [0.1, 0.15) is 0 Å². The number of hydrogen-bond donors (Lipinski definition) is 0. The zero-order valence-corrected chi connectivity index (χ0v) is 14.3. The largest absolute Gasteiger partial charge is 0.379 e. The number of nitrogens with zero attached hydrogens (tertiary/aromatic N) is 3. The van der Waals surface area contributed by atoms with E-state index in [2.05, 4.69) is 18.7 Å². The van der Waals surface area contributed by atoms with E-state index in [1.54, 1.807) is 4.90 Å². The van der Waals surface area contributed by atoms with Crippen molar-refractivity contribution in [1.29, 1.82) is 0 Å². The van der Waals surface area contributed by atoms with Crippen LogP contribution >= 0.6 is 0 Å². The predicted molar refractivity (Wildman–Crippen MR) is 86.7 cm³/mol. The van der Waals surface area contributed by atoms with Crippen molar-refractivity contribution in [2.45, 2.75) is 33.6 Å². The standard InChI is InChI=1S/C16H31N3O3/c1-4-6-18(7-5-2)16(21)14-19(15(3)20)9-8-17-10-12-22-13-11-17/h4-14H2,1-3H3. The first-order chi connectivity index (χ1) is 10.6. The highest BCUT2D eigenvalue weighted by molar-refractivity contribution is 5.83. The smallest absolute Gasteiger partial charge is 0.242 e. The van der Waals surface area contributed by atoms with Gasteiger partial charge in [-0.25, -0.2) is 0 Å². The van der Waals surface area contributed by atoms with Crippen molar-refractivity contribution in [2.24, 2.45) is 0 Å². The maximum atomic E-state index is 12.4. The molecule has 0 N–H and O–H groups in total. The van der Waals surface area contributed by atoms with Crippen LogP contribution in [0.1, 0.15) is 33.6 Å². The normalized spacial score (nSPS) is 15.6. The number of carbonyl (C=O) groups excluding carboxylic acids is 2. The van der Waals surface area contributed by atoms with Crippen molar-refractivity contribution >= 4 is 11.8 Å². The third-order valence-corrected chi connectivity index (χ3v) is 3.90. The summed E-state index contributed by atoms with van der Waals surface area (Å²) in [7, 11) is 0. The quantitative estimate of drug-likeness (QED) is 0.632. The molecule has 0 radical (unpaired) electrons. The van der Waals surface area contributed by atoms with E-state index in [0.717, 1.165) is 58.8 Å². The van der Waals surface area contributed by atoms with Crippen molar-refractivity contribution in [1.82, 2.24) is 14.7 Å². The fourth-order valence-corrected chi connectivity index (χ4v) is 2.60. The lowest BCUT2D eigenvalue weighted by atomic mass is 10.3. The second kappa shape index (κ2) is 10.6. The van der Waals surface area contributed by atoms with Gasteiger partial charge in [0.15, 0.2) is 0 Å². The first-order valence-corrected chi connectivity index (χ1v) is 8.41. The summed E-state index contributed by atoms with van der Waals surface area (Å²) in [5.41, 5.74) is 0. The Kier molecular flexibility index (Phi) is 9.08.